The van der Waals surface area contributed by atoms with Gasteiger partial charge in [-0.1, -0.05) is 30.3 Å². The largest absolute Gasteiger partial charge is 0.372 e. The van der Waals surface area contributed by atoms with Gasteiger partial charge in [0.05, 0.1) is 6.54 Å². The maximum Gasteiger partial charge on any atom is 0.238 e. The lowest BCUT2D eigenvalue weighted by Crippen LogP contribution is -2.30. The first-order chi connectivity index (χ1) is 12.2. The smallest absolute Gasteiger partial charge is 0.238 e. The van der Waals surface area contributed by atoms with Crippen LogP contribution in [0.15, 0.2) is 54.6 Å². The van der Waals surface area contributed by atoms with Crippen LogP contribution in [0.2, 0.25) is 0 Å². The molecule has 3 rings (SSSR count). The summed E-state index contributed by atoms with van der Waals surface area (Å²) in [6.45, 7) is 4.62. The summed E-state index contributed by atoms with van der Waals surface area (Å²) in [5, 5.41) is 6.22. The molecule has 0 saturated carbocycles. The fourth-order valence-corrected chi connectivity index (χ4v) is 3.22. The minimum atomic E-state index is -0.0199. The van der Waals surface area contributed by atoms with Gasteiger partial charge in [-0.2, -0.15) is 0 Å². The molecule has 1 amide bonds. The van der Waals surface area contributed by atoms with Crippen molar-refractivity contribution in [2.75, 3.05) is 29.9 Å². The van der Waals surface area contributed by atoms with E-state index in [0.29, 0.717) is 6.54 Å². The molecule has 1 aliphatic rings. The van der Waals surface area contributed by atoms with E-state index in [1.54, 1.807) is 0 Å². The monoisotopic (exact) mass is 337 g/mol. The molecule has 2 aromatic carbocycles. The van der Waals surface area contributed by atoms with E-state index in [1.807, 2.05) is 30.3 Å². The number of carbonyl (C=O) groups is 1. The number of hydrogen-bond donors (Lipinski definition) is 2. The van der Waals surface area contributed by atoms with Gasteiger partial charge in [-0.25, -0.2) is 0 Å². The molecule has 4 nitrogen and oxygen atoms in total. The number of carbonyl (C=O) groups excluding carboxylic acids is 1. The topological polar surface area (TPSA) is 44.4 Å². The molecular formula is C21H27N3O. The Morgan fingerprint density at radius 2 is 1.68 bits per heavy atom. The standard InChI is InChI=1S/C21H27N3O/c1-17(18-8-4-2-5-9-18)22-16-21(25)23-19-10-12-20(13-11-19)24-14-6-3-7-15-24/h2,4-5,8-13,17,22H,3,6-7,14-16H2,1H3,(H,23,25)/t17-/m1/s1. The second-order valence-electron chi connectivity index (χ2n) is 6.66. The summed E-state index contributed by atoms with van der Waals surface area (Å²) < 4.78 is 0. The minimum absolute atomic E-state index is 0.0199. The van der Waals surface area contributed by atoms with E-state index in [9.17, 15) is 4.79 Å². The number of rotatable bonds is 6. The lowest BCUT2D eigenvalue weighted by atomic mass is 10.1. The van der Waals surface area contributed by atoms with Gasteiger partial charge in [0.15, 0.2) is 0 Å². The van der Waals surface area contributed by atoms with Gasteiger partial charge in [0, 0.05) is 30.5 Å². The van der Waals surface area contributed by atoms with Crippen molar-refractivity contribution in [3.8, 4) is 0 Å². The summed E-state index contributed by atoms with van der Waals surface area (Å²) >= 11 is 0. The van der Waals surface area contributed by atoms with Crippen molar-refractivity contribution in [1.82, 2.24) is 5.32 Å². The second-order valence-corrected chi connectivity index (χ2v) is 6.66. The highest BCUT2D eigenvalue weighted by Gasteiger charge is 2.11. The quantitative estimate of drug-likeness (QED) is 0.838. The van der Waals surface area contributed by atoms with Crippen molar-refractivity contribution in [3.05, 3.63) is 60.2 Å². The third kappa shape index (κ3) is 5.07. The Morgan fingerprint density at radius 1 is 1.00 bits per heavy atom. The Hall–Kier alpha value is -2.33. The number of amides is 1. The molecule has 1 fully saturated rings. The maximum atomic E-state index is 12.2. The normalized spacial score (nSPS) is 15.6. The zero-order chi connectivity index (χ0) is 17.5. The maximum absolute atomic E-state index is 12.2. The molecule has 0 radical (unpaired) electrons. The summed E-state index contributed by atoms with van der Waals surface area (Å²) in [7, 11) is 0. The number of anilines is 2. The lowest BCUT2D eigenvalue weighted by molar-refractivity contribution is -0.115. The number of nitrogens with one attached hydrogen (secondary N) is 2. The Balaban J connectivity index is 1.47. The zero-order valence-corrected chi connectivity index (χ0v) is 14.9. The third-order valence-corrected chi connectivity index (χ3v) is 4.74. The molecule has 1 aliphatic heterocycles. The summed E-state index contributed by atoms with van der Waals surface area (Å²) in [6, 6.07) is 18.5. The van der Waals surface area contributed by atoms with Crippen molar-refractivity contribution in [3.63, 3.8) is 0 Å². The predicted molar refractivity (Wildman–Crippen MR) is 104 cm³/mol. The Bertz CT molecular complexity index is 663. The molecule has 132 valence electrons. The summed E-state index contributed by atoms with van der Waals surface area (Å²) in [6.07, 6.45) is 3.87. The molecule has 25 heavy (non-hydrogen) atoms. The van der Waals surface area contributed by atoms with E-state index in [-0.39, 0.29) is 11.9 Å². The molecule has 4 heteroatoms. The lowest BCUT2D eigenvalue weighted by Gasteiger charge is -2.28. The molecule has 1 heterocycles. The number of nitrogens with zero attached hydrogens (tertiary/aromatic N) is 1. The van der Waals surface area contributed by atoms with Gasteiger partial charge in [0.2, 0.25) is 5.91 Å². The van der Waals surface area contributed by atoms with Crippen LogP contribution in [-0.2, 0) is 4.79 Å². The average Bonchev–Trinajstić information content (AvgIpc) is 2.68. The van der Waals surface area contributed by atoms with Crippen molar-refractivity contribution in [2.45, 2.75) is 32.2 Å². The van der Waals surface area contributed by atoms with Gasteiger partial charge in [-0.05, 0) is 56.0 Å². The third-order valence-electron chi connectivity index (χ3n) is 4.74. The molecule has 0 bridgehead atoms. The fraction of sp³-hybridized carbons (Fsp3) is 0.381. The molecule has 0 aromatic heterocycles. The summed E-state index contributed by atoms with van der Waals surface area (Å²) in [5.41, 5.74) is 3.27. The number of hydrogen-bond acceptors (Lipinski definition) is 3. The fourth-order valence-electron chi connectivity index (χ4n) is 3.22. The minimum Gasteiger partial charge on any atom is -0.372 e. The van der Waals surface area contributed by atoms with Crippen LogP contribution in [0.4, 0.5) is 11.4 Å². The Kier molecular flexibility index (Phi) is 6.07. The van der Waals surface area contributed by atoms with E-state index in [1.165, 1.54) is 30.5 Å². The van der Waals surface area contributed by atoms with Crippen molar-refractivity contribution in [2.24, 2.45) is 0 Å². The molecule has 1 saturated heterocycles. The van der Waals surface area contributed by atoms with Crippen LogP contribution < -0.4 is 15.5 Å². The van der Waals surface area contributed by atoms with Crippen molar-refractivity contribution < 1.29 is 4.79 Å². The van der Waals surface area contributed by atoms with Gasteiger partial charge in [0.1, 0.15) is 0 Å². The van der Waals surface area contributed by atoms with Crippen LogP contribution in [0, 0.1) is 0 Å². The molecule has 1 atom stereocenters. The van der Waals surface area contributed by atoms with Crippen LogP contribution in [0.1, 0.15) is 37.8 Å². The molecule has 0 aliphatic carbocycles. The second kappa shape index (κ2) is 8.67. The van der Waals surface area contributed by atoms with Gasteiger partial charge in [-0.3, -0.25) is 4.79 Å². The van der Waals surface area contributed by atoms with E-state index in [2.05, 4.69) is 46.7 Å². The SMILES string of the molecule is C[C@@H](NCC(=O)Nc1ccc(N2CCCCC2)cc1)c1ccccc1. The van der Waals surface area contributed by atoms with Gasteiger partial charge in [0.25, 0.3) is 0 Å². The number of benzene rings is 2. The van der Waals surface area contributed by atoms with Crippen molar-refractivity contribution >= 4 is 17.3 Å². The predicted octanol–water partition coefficient (Wildman–Crippen LogP) is 3.97. The van der Waals surface area contributed by atoms with E-state index in [0.717, 1.165) is 18.8 Å². The van der Waals surface area contributed by atoms with Crippen LogP contribution in [-0.4, -0.2) is 25.5 Å². The molecule has 0 spiro atoms. The van der Waals surface area contributed by atoms with E-state index >= 15 is 0 Å². The van der Waals surface area contributed by atoms with E-state index in [4.69, 9.17) is 0 Å². The zero-order valence-electron chi connectivity index (χ0n) is 14.9. The average molecular weight is 337 g/mol. The summed E-state index contributed by atoms with van der Waals surface area (Å²) in [5.74, 6) is -0.0199. The van der Waals surface area contributed by atoms with Crippen LogP contribution >= 0.6 is 0 Å². The van der Waals surface area contributed by atoms with Crippen LogP contribution in [0.25, 0.3) is 0 Å². The first-order valence-electron chi connectivity index (χ1n) is 9.15. The highest BCUT2D eigenvalue weighted by Crippen LogP contribution is 2.21. The van der Waals surface area contributed by atoms with E-state index < -0.39 is 0 Å². The Morgan fingerprint density at radius 3 is 2.36 bits per heavy atom. The number of piperidine rings is 1. The van der Waals surface area contributed by atoms with Gasteiger partial charge < -0.3 is 15.5 Å². The van der Waals surface area contributed by atoms with Gasteiger partial charge >= 0.3 is 0 Å². The summed E-state index contributed by atoms with van der Waals surface area (Å²) in [4.78, 5) is 14.6. The molecule has 2 N–H and O–H groups in total. The van der Waals surface area contributed by atoms with Gasteiger partial charge in [-0.15, -0.1) is 0 Å². The van der Waals surface area contributed by atoms with Crippen LogP contribution in [0.3, 0.4) is 0 Å². The Labute approximate surface area is 150 Å². The highest BCUT2D eigenvalue weighted by atomic mass is 16.1. The van der Waals surface area contributed by atoms with Crippen LogP contribution in [0.5, 0.6) is 0 Å². The van der Waals surface area contributed by atoms with Crippen molar-refractivity contribution in [1.29, 1.82) is 0 Å². The molecular weight excluding hydrogens is 310 g/mol. The molecule has 2 aromatic rings. The first-order valence-corrected chi connectivity index (χ1v) is 9.15. The first kappa shape index (κ1) is 17.5. The molecule has 0 unspecified atom stereocenters. The highest BCUT2D eigenvalue weighted by molar-refractivity contribution is 5.92.